The summed E-state index contributed by atoms with van der Waals surface area (Å²) in [5, 5.41) is 31.1. The molecule has 1 aliphatic heterocycles. The monoisotopic (exact) mass is 371 g/mol. The van der Waals surface area contributed by atoms with Crippen molar-refractivity contribution in [1.82, 2.24) is 9.55 Å². The lowest BCUT2D eigenvalue weighted by atomic mass is 10.1. The SMILES string of the molecule is CCOC(=O)CCC(=O)Nc1ccn([C@@H]2O[C@H](CO)[C@@H](O)[C@H]2O)c(=O)n1. The molecular formula is C15H21N3O8. The molecule has 1 amide bonds. The molecule has 1 aromatic rings. The van der Waals surface area contributed by atoms with E-state index >= 15 is 0 Å². The van der Waals surface area contributed by atoms with Crippen LogP contribution in [0.5, 0.6) is 0 Å². The van der Waals surface area contributed by atoms with Gasteiger partial charge in [-0.05, 0) is 13.0 Å². The Labute approximate surface area is 148 Å². The van der Waals surface area contributed by atoms with Crippen molar-refractivity contribution in [2.45, 2.75) is 44.3 Å². The quantitative estimate of drug-likeness (QED) is 0.403. The maximum Gasteiger partial charge on any atom is 0.351 e. The number of nitrogens with zero attached hydrogens (tertiary/aromatic N) is 2. The van der Waals surface area contributed by atoms with Crippen molar-refractivity contribution in [1.29, 1.82) is 0 Å². The minimum absolute atomic E-state index is 0.0353. The lowest BCUT2D eigenvalue weighted by molar-refractivity contribution is -0.144. The Morgan fingerprint density at radius 3 is 2.65 bits per heavy atom. The highest BCUT2D eigenvalue weighted by atomic mass is 16.6. The van der Waals surface area contributed by atoms with E-state index in [9.17, 15) is 24.6 Å². The molecule has 2 heterocycles. The number of carbonyl (C=O) groups excluding carboxylic acids is 2. The molecule has 0 aromatic carbocycles. The van der Waals surface area contributed by atoms with Crippen LogP contribution in [0.3, 0.4) is 0 Å². The van der Waals surface area contributed by atoms with Crippen LogP contribution in [-0.4, -0.2) is 68.3 Å². The molecule has 1 saturated heterocycles. The third-order valence-electron chi connectivity index (χ3n) is 3.75. The van der Waals surface area contributed by atoms with Crippen LogP contribution in [0.2, 0.25) is 0 Å². The van der Waals surface area contributed by atoms with Crippen LogP contribution >= 0.6 is 0 Å². The summed E-state index contributed by atoms with van der Waals surface area (Å²) in [6.45, 7) is 1.36. The van der Waals surface area contributed by atoms with E-state index in [1.807, 2.05) is 0 Å². The van der Waals surface area contributed by atoms with Gasteiger partial charge in [-0.3, -0.25) is 14.2 Å². The molecule has 0 aliphatic carbocycles. The van der Waals surface area contributed by atoms with E-state index in [0.29, 0.717) is 0 Å². The number of ether oxygens (including phenoxy) is 2. The second kappa shape index (κ2) is 8.85. The Balaban J connectivity index is 2.00. The van der Waals surface area contributed by atoms with E-state index in [4.69, 9.17) is 14.6 Å². The van der Waals surface area contributed by atoms with E-state index in [0.717, 1.165) is 4.57 Å². The van der Waals surface area contributed by atoms with Gasteiger partial charge in [0.25, 0.3) is 0 Å². The first kappa shape index (κ1) is 20.0. The number of aliphatic hydroxyl groups is 3. The van der Waals surface area contributed by atoms with Crippen molar-refractivity contribution in [2.75, 3.05) is 18.5 Å². The molecule has 4 N–H and O–H groups in total. The number of hydrogen-bond donors (Lipinski definition) is 4. The lowest BCUT2D eigenvalue weighted by Gasteiger charge is -2.17. The number of amides is 1. The van der Waals surface area contributed by atoms with E-state index in [1.165, 1.54) is 12.3 Å². The molecule has 1 aromatic heterocycles. The molecule has 4 atom stereocenters. The summed E-state index contributed by atoms with van der Waals surface area (Å²) in [6, 6.07) is 1.30. The topological polar surface area (TPSA) is 160 Å². The van der Waals surface area contributed by atoms with Crippen LogP contribution in [0.25, 0.3) is 0 Å². The average Bonchev–Trinajstić information content (AvgIpc) is 2.88. The number of nitrogens with one attached hydrogen (secondary N) is 1. The van der Waals surface area contributed by atoms with Crippen LogP contribution in [0.1, 0.15) is 26.0 Å². The Bertz CT molecular complexity index is 706. The van der Waals surface area contributed by atoms with Crippen molar-refractivity contribution in [3.63, 3.8) is 0 Å². The molecule has 0 radical (unpaired) electrons. The predicted molar refractivity (Wildman–Crippen MR) is 86.0 cm³/mol. The number of hydrogen-bond acceptors (Lipinski definition) is 9. The average molecular weight is 371 g/mol. The Kier molecular flexibility index (Phi) is 6.80. The second-order valence-electron chi connectivity index (χ2n) is 5.58. The van der Waals surface area contributed by atoms with Gasteiger partial charge in [-0.25, -0.2) is 4.79 Å². The number of aliphatic hydroxyl groups excluding tert-OH is 3. The first-order valence-electron chi connectivity index (χ1n) is 8.04. The third kappa shape index (κ3) is 4.64. The maximum atomic E-state index is 12.1. The van der Waals surface area contributed by atoms with Crippen molar-refractivity contribution >= 4 is 17.7 Å². The minimum Gasteiger partial charge on any atom is -0.466 e. The summed E-state index contributed by atoms with van der Waals surface area (Å²) in [7, 11) is 0. The summed E-state index contributed by atoms with van der Waals surface area (Å²) in [5.41, 5.74) is -0.831. The zero-order chi connectivity index (χ0) is 19.3. The number of aromatic nitrogens is 2. The largest absolute Gasteiger partial charge is 0.466 e. The molecule has 1 fully saturated rings. The smallest absolute Gasteiger partial charge is 0.351 e. The second-order valence-corrected chi connectivity index (χ2v) is 5.58. The standard InChI is InChI=1S/C15H21N3O8/c1-2-25-11(21)4-3-10(20)16-9-5-6-18(15(24)17-9)14-13(23)12(22)8(7-19)26-14/h5-6,8,12-14,19,22-23H,2-4,7H2,1H3,(H,16,17,20,24)/t8-,12-,13-,14-/m1/s1. The fraction of sp³-hybridized carbons (Fsp3) is 0.600. The van der Waals surface area contributed by atoms with Crippen LogP contribution in [0, 0.1) is 0 Å². The highest BCUT2D eigenvalue weighted by molar-refractivity contribution is 5.91. The van der Waals surface area contributed by atoms with E-state index in [1.54, 1.807) is 6.92 Å². The Morgan fingerprint density at radius 2 is 2.08 bits per heavy atom. The van der Waals surface area contributed by atoms with Crippen molar-refractivity contribution in [3.05, 3.63) is 22.7 Å². The molecule has 0 unspecified atom stereocenters. The first-order valence-corrected chi connectivity index (χ1v) is 8.04. The van der Waals surface area contributed by atoms with E-state index in [2.05, 4.69) is 10.3 Å². The zero-order valence-electron chi connectivity index (χ0n) is 14.1. The van der Waals surface area contributed by atoms with Gasteiger partial charge in [0.05, 0.1) is 19.6 Å². The minimum atomic E-state index is -1.42. The fourth-order valence-electron chi connectivity index (χ4n) is 2.44. The molecule has 26 heavy (non-hydrogen) atoms. The number of anilines is 1. The van der Waals surface area contributed by atoms with Gasteiger partial charge in [0, 0.05) is 12.6 Å². The molecule has 11 nitrogen and oxygen atoms in total. The molecule has 1 aliphatic rings. The molecule has 144 valence electrons. The van der Waals surface area contributed by atoms with Gasteiger partial charge >= 0.3 is 11.7 Å². The van der Waals surface area contributed by atoms with Gasteiger partial charge in [0.2, 0.25) is 5.91 Å². The Hall–Kier alpha value is -2.34. The zero-order valence-corrected chi connectivity index (χ0v) is 14.1. The summed E-state index contributed by atoms with van der Waals surface area (Å²) in [4.78, 5) is 38.7. The van der Waals surface area contributed by atoms with Crippen LogP contribution < -0.4 is 11.0 Å². The summed E-state index contributed by atoms with van der Waals surface area (Å²) in [5.74, 6) is -1.06. The molecule has 0 saturated carbocycles. The number of rotatable bonds is 7. The molecule has 0 bridgehead atoms. The van der Waals surface area contributed by atoms with E-state index < -0.39 is 48.7 Å². The van der Waals surface area contributed by atoms with Gasteiger partial charge in [0.15, 0.2) is 6.23 Å². The van der Waals surface area contributed by atoms with Crippen molar-refractivity contribution < 1.29 is 34.4 Å². The molecule has 0 spiro atoms. The Morgan fingerprint density at radius 1 is 1.35 bits per heavy atom. The highest BCUT2D eigenvalue weighted by Crippen LogP contribution is 2.28. The van der Waals surface area contributed by atoms with Crippen molar-refractivity contribution in [3.8, 4) is 0 Å². The maximum absolute atomic E-state index is 12.1. The van der Waals surface area contributed by atoms with Gasteiger partial charge in [-0.1, -0.05) is 0 Å². The van der Waals surface area contributed by atoms with Crippen LogP contribution in [-0.2, 0) is 19.1 Å². The number of carbonyl (C=O) groups is 2. The summed E-state index contributed by atoms with van der Waals surface area (Å²) >= 11 is 0. The molecule has 11 heteroatoms. The first-order chi connectivity index (χ1) is 12.4. The van der Waals surface area contributed by atoms with Gasteiger partial charge < -0.3 is 30.1 Å². The molecular weight excluding hydrogens is 350 g/mol. The van der Waals surface area contributed by atoms with Gasteiger partial charge in [-0.2, -0.15) is 4.98 Å². The predicted octanol–water partition coefficient (Wildman–Crippen LogP) is -1.86. The van der Waals surface area contributed by atoms with Crippen LogP contribution in [0.15, 0.2) is 17.1 Å². The normalized spacial score (nSPS) is 25.1. The summed E-state index contributed by atoms with van der Waals surface area (Å²) < 4.78 is 10.9. The lowest BCUT2D eigenvalue weighted by Crippen LogP contribution is -2.36. The van der Waals surface area contributed by atoms with Crippen LogP contribution in [0.4, 0.5) is 5.82 Å². The van der Waals surface area contributed by atoms with Gasteiger partial charge in [-0.15, -0.1) is 0 Å². The van der Waals surface area contributed by atoms with Gasteiger partial charge in [0.1, 0.15) is 24.1 Å². The van der Waals surface area contributed by atoms with Crippen molar-refractivity contribution in [2.24, 2.45) is 0 Å². The highest BCUT2D eigenvalue weighted by Gasteiger charge is 2.43. The van der Waals surface area contributed by atoms with E-state index in [-0.39, 0.29) is 25.3 Å². The molecule has 2 rings (SSSR count). The summed E-state index contributed by atoms with van der Waals surface area (Å²) in [6.07, 6.45) is -4.00. The third-order valence-corrected chi connectivity index (χ3v) is 3.75. The fourth-order valence-corrected chi connectivity index (χ4v) is 2.44. The number of esters is 1.